The first-order valence-corrected chi connectivity index (χ1v) is 29.2. The van der Waals surface area contributed by atoms with Gasteiger partial charge in [-0.2, -0.15) is 0 Å². The van der Waals surface area contributed by atoms with E-state index in [1.54, 1.807) is 0 Å². The molecular weight excluding hydrogens is 1170 g/mol. The second-order valence-electron chi connectivity index (χ2n) is 20.6. The highest BCUT2D eigenvalue weighted by atomic mass is 31.2. The second-order valence-corrected chi connectivity index (χ2v) is 22.4. The van der Waals surface area contributed by atoms with Crippen molar-refractivity contribution in [2.75, 3.05) is 19.8 Å². The third kappa shape index (κ3) is 31.8. The number of amides is 5. The predicted molar refractivity (Wildman–Crippen MR) is 293 cm³/mol. The van der Waals surface area contributed by atoms with Gasteiger partial charge in [-0.3, -0.25) is 81.2 Å². The van der Waals surface area contributed by atoms with Crippen molar-refractivity contribution in [1.29, 1.82) is 0 Å². The Morgan fingerprint density at radius 3 is 1.29 bits per heavy atom. The molecule has 0 spiro atoms. The number of aliphatic carboxylic acids is 6. The van der Waals surface area contributed by atoms with Gasteiger partial charge in [-0.25, -0.2) is 0 Å². The van der Waals surface area contributed by atoms with E-state index in [0.717, 1.165) is 4.68 Å². The van der Waals surface area contributed by atoms with Crippen molar-refractivity contribution in [3.05, 3.63) is 11.9 Å². The van der Waals surface area contributed by atoms with Gasteiger partial charge < -0.3 is 78.5 Å². The lowest BCUT2D eigenvalue weighted by Crippen LogP contribution is -2.50. The molecule has 0 bridgehead atoms. The van der Waals surface area contributed by atoms with Crippen LogP contribution in [0, 0.1) is 23.7 Å². The highest BCUT2D eigenvalue weighted by molar-refractivity contribution is 7.51. The Balaban J connectivity index is 3.51. The van der Waals surface area contributed by atoms with Gasteiger partial charge in [-0.05, 0) is 64.3 Å². The number of aromatic nitrogens is 3. The highest BCUT2D eigenvalue weighted by Gasteiger charge is 2.36. The summed E-state index contributed by atoms with van der Waals surface area (Å²) in [6.45, 7) is 1.27. The smallest absolute Gasteiger partial charge is 0.327 e. The third-order valence-electron chi connectivity index (χ3n) is 13.4. The van der Waals surface area contributed by atoms with E-state index in [1.165, 1.54) is 20.2 Å². The number of rotatable bonds is 48. The summed E-state index contributed by atoms with van der Waals surface area (Å²) in [5, 5.41) is 75.9. The van der Waals surface area contributed by atoms with Crippen LogP contribution in [0.2, 0.25) is 0 Å². The lowest BCUT2D eigenvalue weighted by Gasteiger charge is -2.26. The Kier molecular flexibility index (Phi) is 34.4. The Morgan fingerprint density at radius 1 is 0.512 bits per heavy atom. The molecule has 1 aromatic heterocycles. The second kappa shape index (κ2) is 38.9. The van der Waals surface area contributed by atoms with Crippen LogP contribution >= 0.6 is 7.60 Å². The number of hydrogen-bond donors (Lipinski definition) is 15. The number of nitrogens with two attached hydrogens (primary N) is 2. The zero-order valence-corrected chi connectivity index (χ0v) is 48.5. The number of nitrogens with zero attached hydrogens (tertiary/aromatic N) is 3. The van der Waals surface area contributed by atoms with Gasteiger partial charge >= 0.3 is 43.4 Å². The van der Waals surface area contributed by atoms with Gasteiger partial charge in [0.15, 0.2) is 23.1 Å². The quantitative estimate of drug-likeness (QED) is 0.0240. The normalized spacial score (nSPS) is 14.4. The van der Waals surface area contributed by atoms with Crippen LogP contribution in [0.25, 0.3) is 0 Å². The molecule has 0 fully saturated rings. The number of hydrogen-bond acceptors (Lipinski definition) is 20. The summed E-state index contributed by atoms with van der Waals surface area (Å²) in [5.41, 5.74) is 11.6. The molecule has 0 unspecified atom stereocenters. The van der Waals surface area contributed by atoms with Crippen LogP contribution in [-0.4, -0.2) is 194 Å². The SMILES string of the molecule is CNC(=O)[C@@H](CC(=O)[C@H](CCCCN)NC(=O)[C@H](C)CC(=O)[C@H](CCC(=O)O)NC(=O)[C@H](CCC(=O)O)CC(=O)[C@H](CCC(=O)O)NC(=O)[C@H](CCC(=O)O)CC(=O)[C@H](CCC(=O)O)NC(=O)[C@@H](N)CCC(=O)O)Cc1cn(CCP(=O)(O)O)nn1. The van der Waals surface area contributed by atoms with Crippen molar-refractivity contribution in [3.8, 4) is 0 Å². The molecule has 1 aromatic rings. The fraction of sp³-hybridized carbons (Fsp3) is 0.667. The van der Waals surface area contributed by atoms with E-state index in [9.17, 15) is 112 Å². The first-order chi connectivity index (χ1) is 40.2. The van der Waals surface area contributed by atoms with Crippen LogP contribution in [0.3, 0.4) is 0 Å². The molecule has 0 radical (unpaired) electrons. The molecule has 17 N–H and O–H groups in total. The van der Waals surface area contributed by atoms with Gasteiger partial charge in [0.1, 0.15) is 0 Å². The van der Waals surface area contributed by atoms with Crippen molar-refractivity contribution in [2.45, 2.75) is 172 Å². The van der Waals surface area contributed by atoms with Crippen molar-refractivity contribution in [3.63, 3.8) is 0 Å². The number of carboxylic acids is 6. The Morgan fingerprint density at radius 2 is 0.884 bits per heavy atom. The van der Waals surface area contributed by atoms with Crippen molar-refractivity contribution in [2.24, 2.45) is 35.1 Å². The molecule has 35 heteroatoms. The minimum Gasteiger partial charge on any atom is -0.481 e. The van der Waals surface area contributed by atoms with Crippen LogP contribution < -0.4 is 38.1 Å². The fourth-order valence-corrected chi connectivity index (χ4v) is 9.03. The van der Waals surface area contributed by atoms with E-state index in [4.69, 9.17) is 16.6 Å². The first kappa shape index (κ1) is 76.1. The Hall–Kier alpha value is -7.94. The van der Waals surface area contributed by atoms with Crippen molar-refractivity contribution >= 4 is 96.1 Å². The number of carbonyl (C=O) groups is 15. The summed E-state index contributed by atoms with van der Waals surface area (Å²) in [4.78, 5) is 211. The number of unbranched alkanes of at least 4 members (excludes halogenated alkanes) is 1. The maximum Gasteiger partial charge on any atom is 0.327 e. The lowest BCUT2D eigenvalue weighted by molar-refractivity contribution is -0.141. The summed E-state index contributed by atoms with van der Waals surface area (Å²) in [5.74, 6) is -23.1. The molecule has 86 heavy (non-hydrogen) atoms. The maximum atomic E-state index is 14.1. The maximum absolute atomic E-state index is 14.1. The van der Waals surface area contributed by atoms with Crippen LogP contribution in [0.15, 0.2) is 6.20 Å². The molecule has 0 aliphatic carbocycles. The van der Waals surface area contributed by atoms with Gasteiger partial charge in [-0.1, -0.05) is 12.1 Å². The minimum atomic E-state index is -4.39. The average molecular weight is 1250 g/mol. The molecule has 9 atom stereocenters. The zero-order chi connectivity index (χ0) is 65.4. The molecule has 482 valence electrons. The number of ketones is 4. The van der Waals surface area contributed by atoms with Crippen LogP contribution in [0.4, 0.5) is 0 Å². The highest BCUT2D eigenvalue weighted by Crippen LogP contribution is 2.34. The van der Waals surface area contributed by atoms with Crippen molar-refractivity contribution < 1.29 is 117 Å². The number of nitrogens with one attached hydrogen (secondary N) is 5. The molecule has 0 saturated carbocycles. The molecule has 1 rings (SSSR count). The van der Waals surface area contributed by atoms with Crippen molar-refractivity contribution in [1.82, 2.24) is 41.6 Å². The van der Waals surface area contributed by atoms with Gasteiger partial charge in [0.2, 0.25) is 29.5 Å². The van der Waals surface area contributed by atoms with Crippen LogP contribution in [0.1, 0.15) is 135 Å². The average Bonchev–Trinajstić information content (AvgIpc) is 3.56. The summed E-state index contributed by atoms with van der Waals surface area (Å²) >= 11 is 0. The topological polar surface area (TPSA) is 578 Å². The molecule has 0 saturated heterocycles. The first-order valence-electron chi connectivity index (χ1n) is 27.4. The minimum absolute atomic E-state index is 0.0222. The van der Waals surface area contributed by atoms with Crippen LogP contribution in [-0.2, 0) is 89.4 Å². The Labute approximate surface area is 492 Å². The molecule has 0 aromatic carbocycles. The zero-order valence-electron chi connectivity index (χ0n) is 47.6. The summed E-state index contributed by atoms with van der Waals surface area (Å²) in [7, 11) is -3.07. The van der Waals surface area contributed by atoms with E-state index in [0.29, 0.717) is 12.8 Å². The lowest BCUT2D eigenvalue weighted by atomic mass is 9.89. The molecule has 5 amide bonds. The van der Waals surface area contributed by atoms with Gasteiger partial charge in [0.05, 0.1) is 54.5 Å². The number of aryl methyl sites for hydroxylation is 1. The van der Waals surface area contributed by atoms with E-state index in [1.807, 2.05) is 0 Å². The monoisotopic (exact) mass is 1250 g/mol. The largest absolute Gasteiger partial charge is 0.481 e. The van der Waals surface area contributed by atoms with E-state index in [2.05, 4.69) is 36.9 Å². The summed E-state index contributed by atoms with van der Waals surface area (Å²) in [6.07, 6.45) is -9.72. The number of Topliss-reactive ketones (excluding diaryl/α,β-unsaturated/α-hetero) is 4. The van der Waals surface area contributed by atoms with Gasteiger partial charge in [0, 0.05) is 102 Å². The van der Waals surface area contributed by atoms with E-state index >= 15 is 0 Å². The molecular formula is C51H79N10O24P. The predicted octanol–water partition coefficient (Wildman–Crippen LogP) is -2.35. The molecule has 0 aliphatic rings. The number of carboxylic acid groups (broad SMARTS) is 6. The van der Waals surface area contributed by atoms with Crippen LogP contribution in [0.5, 0.6) is 0 Å². The molecule has 1 heterocycles. The molecule has 0 aliphatic heterocycles. The van der Waals surface area contributed by atoms with Gasteiger partial charge in [-0.15, -0.1) is 5.10 Å². The fourth-order valence-electron chi connectivity index (χ4n) is 8.56. The summed E-state index contributed by atoms with van der Waals surface area (Å²) < 4.78 is 12.5. The molecule has 34 nitrogen and oxygen atoms in total. The van der Waals surface area contributed by atoms with E-state index in [-0.39, 0.29) is 31.6 Å². The number of carbonyl (C=O) groups excluding carboxylic acids is 9. The third-order valence-corrected chi connectivity index (χ3v) is 14.2. The standard InChI is InChI=1S/C51H79N10O24P/c1-27(47(78)55-33(5-3-4-18-52)40(65)25-30(48(79)54-2)22-31-26-61(60-59-31)19-20-86(83,84)85)21-37(62)34(9-15-44(72)73)56-49(80)28(6-12-41(66)67)23-38(63)35(10-16-45(74)75)57-50(81)29(7-13-42(68)69)24-39(64)36(11-17-46(76)77)58-51(82)32(53)8-14-43(70)71/h26-30,32-36H,3-25,52-53H2,1-2H3,(H,54,79)(H,55,78)(H,56,80)(H,57,81)(H,58,82)(H,66,67)(H,68,69)(H,70,71)(H,72,73)(H,74,75)(H,76,77)(H2,83,84,85)/t27-,28-,29-,30-,32+,33+,34+,35+,36+/m1/s1. The van der Waals surface area contributed by atoms with E-state index < -0.39 is 259 Å². The van der Waals surface area contributed by atoms with Gasteiger partial charge in [0.25, 0.3) is 0 Å². The Bertz CT molecular complexity index is 2630. The summed E-state index contributed by atoms with van der Waals surface area (Å²) in [6, 6.07) is -7.98.